The Balaban J connectivity index is 1.85. The molecule has 2 aromatic heterocycles. The molecular weight excluding hydrogens is 331 g/mol. The van der Waals surface area contributed by atoms with Crippen molar-refractivity contribution in [3.05, 3.63) is 51.5 Å². The van der Waals surface area contributed by atoms with E-state index in [-0.39, 0.29) is 34.7 Å². The summed E-state index contributed by atoms with van der Waals surface area (Å²) in [5, 5.41) is 12.0. The van der Waals surface area contributed by atoms with Crippen LogP contribution in [0.1, 0.15) is 24.8 Å². The first-order valence-electron chi connectivity index (χ1n) is 7.36. The number of anilines is 1. The highest BCUT2D eigenvalue weighted by atomic mass is 32.1. The highest BCUT2D eigenvalue weighted by molar-refractivity contribution is 7.15. The number of aromatic nitrogens is 3. The molecule has 1 N–H and O–H groups in total. The lowest BCUT2D eigenvalue weighted by Crippen LogP contribution is -2.20. The Kier molecular flexibility index (Phi) is 4.39. The van der Waals surface area contributed by atoms with Gasteiger partial charge in [0.25, 0.3) is 0 Å². The highest BCUT2D eigenvalue weighted by Crippen LogP contribution is 2.22. The van der Waals surface area contributed by atoms with E-state index in [2.05, 4.69) is 15.5 Å². The first-order chi connectivity index (χ1) is 11.5. The first-order valence-corrected chi connectivity index (χ1v) is 8.18. The SMILES string of the molecule is CC(C)c1nnc(NC(=O)Cn2ccc(=O)c3cccc(F)c32)s1. The Labute approximate surface area is 141 Å². The van der Waals surface area contributed by atoms with Crippen molar-refractivity contribution in [2.45, 2.75) is 26.3 Å². The Morgan fingerprint density at radius 2 is 2.12 bits per heavy atom. The standard InChI is InChI=1S/C16H15FN4O2S/c1-9(2)15-19-20-16(24-15)18-13(23)8-21-7-6-12(22)10-4-3-5-11(17)14(10)21/h3-7,9H,8H2,1-2H3,(H,18,20,23). The number of halogens is 1. The van der Waals surface area contributed by atoms with Crippen molar-refractivity contribution in [2.75, 3.05) is 5.32 Å². The number of carbonyl (C=O) groups excluding carboxylic acids is 1. The van der Waals surface area contributed by atoms with Gasteiger partial charge in [0, 0.05) is 23.6 Å². The van der Waals surface area contributed by atoms with Gasteiger partial charge in [0.05, 0.1) is 5.52 Å². The second-order valence-corrected chi connectivity index (χ2v) is 6.60. The minimum absolute atomic E-state index is 0.111. The Morgan fingerprint density at radius 1 is 1.33 bits per heavy atom. The maximum atomic E-state index is 14.1. The van der Waals surface area contributed by atoms with E-state index in [1.54, 1.807) is 0 Å². The maximum absolute atomic E-state index is 14.1. The van der Waals surface area contributed by atoms with Crippen LogP contribution in [0, 0.1) is 5.82 Å². The van der Waals surface area contributed by atoms with E-state index < -0.39 is 5.82 Å². The van der Waals surface area contributed by atoms with E-state index in [1.807, 2.05) is 13.8 Å². The molecule has 1 aromatic carbocycles. The van der Waals surface area contributed by atoms with E-state index in [1.165, 1.54) is 46.4 Å². The molecule has 0 saturated heterocycles. The summed E-state index contributed by atoms with van der Waals surface area (Å²) < 4.78 is 15.5. The molecule has 0 radical (unpaired) electrons. The topological polar surface area (TPSA) is 76.9 Å². The van der Waals surface area contributed by atoms with Crippen LogP contribution >= 0.6 is 11.3 Å². The average Bonchev–Trinajstić information content (AvgIpc) is 2.99. The van der Waals surface area contributed by atoms with Gasteiger partial charge in [-0.05, 0) is 12.1 Å². The number of amides is 1. The molecule has 0 aliphatic carbocycles. The van der Waals surface area contributed by atoms with Gasteiger partial charge < -0.3 is 4.57 Å². The molecule has 6 nitrogen and oxygen atoms in total. The van der Waals surface area contributed by atoms with Crippen LogP contribution in [-0.4, -0.2) is 20.7 Å². The van der Waals surface area contributed by atoms with E-state index in [0.29, 0.717) is 5.13 Å². The molecule has 124 valence electrons. The van der Waals surface area contributed by atoms with Gasteiger partial charge in [0.2, 0.25) is 11.0 Å². The zero-order chi connectivity index (χ0) is 17.3. The number of nitrogens with one attached hydrogen (secondary N) is 1. The molecule has 0 aliphatic rings. The smallest absolute Gasteiger partial charge is 0.246 e. The van der Waals surface area contributed by atoms with Crippen LogP contribution in [0.4, 0.5) is 9.52 Å². The van der Waals surface area contributed by atoms with Crippen LogP contribution in [0.5, 0.6) is 0 Å². The molecule has 3 rings (SSSR count). The average molecular weight is 346 g/mol. The van der Waals surface area contributed by atoms with Gasteiger partial charge in [-0.1, -0.05) is 31.3 Å². The third kappa shape index (κ3) is 3.18. The van der Waals surface area contributed by atoms with Crippen LogP contribution in [0.2, 0.25) is 0 Å². The normalized spacial score (nSPS) is 11.2. The molecule has 0 atom stereocenters. The van der Waals surface area contributed by atoms with Gasteiger partial charge >= 0.3 is 0 Å². The molecule has 0 aliphatic heterocycles. The van der Waals surface area contributed by atoms with E-state index in [9.17, 15) is 14.0 Å². The van der Waals surface area contributed by atoms with Gasteiger partial charge in [-0.2, -0.15) is 0 Å². The summed E-state index contributed by atoms with van der Waals surface area (Å²) in [4.78, 5) is 24.0. The lowest BCUT2D eigenvalue weighted by molar-refractivity contribution is -0.116. The number of benzene rings is 1. The summed E-state index contributed by atoms with van der Waals surface area (Å²) >= 11 is 1.30. The number of para-hydroxylation sites is 1. The van der Waals surface area contributed by atoms with Gasteiger partial charge in [-0.25, -0.2) is 4.39 Å². The number of nitrogens with zero attached hydrogens (tertiary/aromatic N) is 3. The summed E-state index contributed by atoms with van der Waals surface area (Å²) in [5.74, 6) is -0.684. The zero-order valence-corrected chi connectivity index (χ0v) is 13.9. The van der Waals surface area contributed by atoms with Crippen molar-refractivity contribution in [2.24, 2.45) is 0 Å². The fourth-order valence-corrected chi connectivity index (χ4v) is 3.05. The molecule has 2 heterocycles. The second-order valence-electron chi connectivity index (χ2n) is 5.59. The first kappa shape index (κ1) is 16.3. The number of carbonyl (C=O) groups is 1. The molecular formula is C16H15FN4O2S. The fraction of sp³-hybridized carbons (Fsp3) is 0.250. The van der Waals surface area contributed by atoms with Crippen LogP contribution in [0.3, 0.4) is 0 Å². The third-order valence-electron chi connectivity index (χ3n) is 3.44. The highest BCUT2D eigenvalue weighted by Gasteiger charge is 2.13. The van der Waals surface area contributed by atoms with Crippen molar-refractivity contribution in [3.8, 4) is 0 Å². The van der Waals surface area contributed by atoms with Crippen molar-refractivity contribution in [1.82, 2.24) is 14.8 Å². The van der Waals surface area contributed by atoms with Crippen molar-refractivity contribution in [3.63, 3.8) is 0 Å². The van der Waals surface area contributed by atoms with Crippen LogP contribution < -0.4 is 10.7 Å². The molecule has 0 fully saturated rings. The molecule has 0 unspecified atom stereocenters. The molecule has 0 bridgehead atoms. The van der Waals surface area contributed by atoms with E-state index in [0.717, 1.165) is 5.01 Å². The van der Waals surface area contributed by atoms with Gasteiger partial charge in [-0.3, -0.25) is 14.9 Å². The molecule has 1 amide bonds. The van der Waals surface area contributed by atoms with Gasteiger partial charge in [0.1, 0.15) is 17.4 Å². The summed E-state index contributed by atoms with van der Waals surface area (Å²) in [7, 11) is 0. The largest absolute Gasteiger partial charge is 0.335 e. The lowest BCUT2D eigenvalue weighted by Gasteiger charge is -2.10. The fourth-order valence-electron chi connectivity index (χ4n) is 2.29. The minimum atomic E-state index is -0.545. The maximum Gasteiger partial charge on any atom is 0.246 e. The number of pyridine rings is 1. The molecule has 3 aromatic rings. The molecule has 24 heavy (non-hydrogen) atoms. The summed E-state index contributed by atoms with van der Waals surface area (Å²) in [5.41, 5.74) is -0.174. The Morgan fingerprint density at radius 3 is 2.83 bits per heavy atom. The lowest BCUT2D eigenvalue weighted by atomic mass is 10.2. The monoisotopic (exact) mass is 346 g/mol. The number of rotatable bonds is 4. The Bertz CT molecular complexity index is 964. The van der Waals surface area contributed by atoms with E-state index in [4.69, 9.17) is 0 Å². The molecule has 0 saturated carbocycles. The van der Waals surface area contributed by atoms with Crippen molar-refractivity contribution >= 4 is 33.3 Å². The third-order valence-corrected chi connectivity index (χ3v) is 4.58. The summed E-state index contributed by atoms with van der Waals surface area (Å²) in [6, 6.07) is 5.58. The quantitative estimate of drug-likeness (QED) is 0.788. The Hall–Kier alpha value is -2.61. The second kappa shape index (κ2) is 6.48. The minimum Gasteiger partial charge on any atom is -0.335 e. The predicted molar refractivity (Wildman–Crippen MR) is 90.8 cm³/mol. The van der Waals surface area contributed by atoms with E-state index >= 15 is 0 Å². The summed E-state index contributed by atoms with van der Waals surface area (Å²) in [6.07, 6.45) is 1.41. The van der Waals surface area contributed by atoms with Crippen molar-refractivity contribution < 1.29 is 9.18 Å². The van der Waals surface area contributed by atoms with Crippen LogP contribution in [0.25, 0.3) is 10.9 Å². The number of fused-ring (bicyclic) bond motifs is 1. The predicted octanol–water partition coefficient (Wildman–Crippen LogP) is 2.75. The molecule has 8 heteroatoms. The van der Waals surface area contributed by atoms with Gasteiger partial charge in [-0.15, -0.1) is 10.2 Å². The van der Waals surface area contributed by atoms with Crippen molar-refractivity contribution in [1.29, 1.82) is 0 Å². The van der Waals surface area contributed by atoms with Gasteiger partial charge in [0.15, 0.2) is 5.43 Å². The van der Waals surface area contributed by atoms with Crippen LogP contribution in [-0.2, 0) is 11.3 Å². The number of hydrogen-bond donors (Lipinski definition) is 1. The van der Waals surface area contributed by atoms with Crippen LogP contribution in [0.15, 0.2) is 35.3 Å². The molecule has 0 spiro atoms. The summed E-state index contributed by atoms with van der Waals surface area (Å²) in [6.45, 7) is 3.84. The number of hydrogen-bond acceptors (Lipinski definition) is 5. The zero-order valence-electron chi connectivity index (χ0n) is 13.1.